The van der Waals surface area contributed by atoms with Crippen molar-refractivity contribution in [2.24, 2.45) is 0 Å². The van der Waals surface area contributed by atoms with Crippen molar-refractivity contribution < 1.29 is 18.0 Å². The van der Waals surface area contributed by atoms with Gasteiger partial charge in [0.2, 0.25) is 5.69 Å². The normalized spacial score (nSPS) is 11.2. The number of amides is 1. The Kier molecular flexibility index (Phi) is 4.97. The summed E-state index contributed by atoms with van der Waals surface area (Å²) in [5.41, 5.74) is -1.51. The van der Waals surface area contributed by atoms with E-state index in [0.29, 0.717) is 5.69 Å². The average molecular weight is 375 g/mol. The van der Waals surface area contributed by atoms with Gasteiger partial charge in [0.05, 0.1) is 5.56 Å². The molecular formula is C17H12F3N5O2. The highest BCUT2D eigenvalue weighted by Gasteiger charge is 2.30. The Balaban J connectivity index is 1.73. The predicted molar refractivity (Wildman–Crippen MR) is 88.5 cm³/mol. The number of rotatable bonds is 4. The first-order valence-corrected chi connectivity index (χ1v) is 7.67. The number of benzene rings is 1. The van der Waals surface area contributed by atoms with E-state index in [4.69, 9.17) is 0 Å². The zero-order valence-electron chi connectivity index (χ0n) is 13.6. The number of carbonyl (C=O) groups is 1. The van der Waals surface area contributed by atoms with E-state index < -0.39 is 28.9 Å². The fourth-order valence-corrected chi connectivity index (χ4v) is 2.23. The molecule has 7 nitrogen and oxygen atoms in total. The van der Waals surface area contributed by atoms with Crippen molar-refractivity contribution in [3.8, 4) is 11.5 Å². The summed E-state index contributed by atoms with van der Waals surface area (Å²) in [5, 5.41) is 9.70. The highest BCUT2D eigenvalue weighted by atomic mass is 19.4. The fourth-order valence-electron chi connectivity index (χ4n) is 2.23. The Morgan fingerprint density at radius 2 is 1.93 bits per heavy atom. The quantitative estimate of drug-likeness (QED) is 0.728. The van der Waals surface area contributed by atoms with Gasteiger partial charge < -0.3 is 10.3 Å². The number of pyridine rings is 1. The van der Waals surface area contributed by atoms with Gasteiger partial charge in [-0.15, -0.1) is 10.2 Å². The van der Waals surface area contributed by atoms with Crippen molar-refractivity contribution >= 4 is 5.91 Å². The maximum atomic E-state index is 12.7. The van der Waals surface area contributed by atoms with Crippen LogP contribution in [0.1, 0.15) is 21.6 Å². The molecule has 0 aliphatic heterocycles. The van der Waals surface area contributed by atoms with Crippen molar-refractivity contribution in [3.05, 3.63) is 75.8 Å². The third kappa shape index (κ3) is 4.35. The third-order valence-electron chi connectivity index (χ3n) is 3.53. The minimum atomic E-state index is -4.48. The van der Waals surface area contributed by atoms with Crippen molar-refractivity contribution in [1.29, 1.82) is 0 Å². The van der Waals surface area contributed by atoms with Crippen LogP contribution in [0.3, 0.4) is 0 Å². The second-order valence-electron chi connectivity index (χ2n) is 5.45. The van der Waals surface area contributed by atoms with Gasteiger partial charge in [-0.3, -0.25) is 14.6 Å². The van der Waals surface area contributed by atoms with Crippen LogP contribution in [0.5, 0.6) is 0 Å². The summed E-state index contributed by atoms with van der Waals surface area (Å²) in [7, 11) is 0. The molecule has 27 heavy (non-hydrogen) atoms. The lowest BCUT2D eigenvalue weighted by Crippen LogP contribution is -2.31. The Morgan fingerprint density at radius 1 is 1.11 bits per heavy atom. The molecule has 0 unspecified atom stereocenters. The van der Waals surface area contributed by atoms with Gasteiger partial charge in [-0.2, -0.15) is 13.2 Å². The van der Waals surface area contributed by atoms with Crippen LogP contribution in [0.2, 0.25) is 0 Å². The third-order valence-corrected chi connectivity index (χ3v) is 3.53. The van der Waals surface area contributed by atoms with E-state index in [9.17, 15) is 22.8 Å². The molecule has 138 valence electrons. The fraction of sp³-hybridized carbons (Fsp3) is 0.118. The SMILES string of the molecule is O=C(NCc1cccc(C(F)(F)F)c1)c1nnc(-c2ccccn2)[nH]c1=O. The Bertz CT molecular complexity index is 1020. The number of alkyl halides is 3. The van der Waals surface area contributed by atoms with E-state index in [1.165, 1.54) is 18.3 Å². The molecule has 0 bridgehead atoms. The lowest BCUT2D eigenvalue weighted by molar-refractivity contribution is -0.137. The smallest absolute Gasteiger partial charge is 0.346 e. The van der Waals surface area contributed by atoms with Gasteiger partial charge in [-0.1, -0.05) is 18.2 Å². The minimum Gasteiger partial charge on any atom is -0.346 e. The number of aromatic nitrogens is 4. The lowest BCUT2D eigenvalue weighted by Gasteiger charge is -2.09. The van der Waals surface area contributed by atoms with Crippen molar-refractivity contribution in [2.75, 3.05) is 0 Å². The number of hydrogen-bond donors (Lipinski definition) is 2. The van der Waals surface area contributed by atoms with Gasteiger partial charge in [0, 0.05) is 12.7 Å². The first-order chi connectivity index (χ1) is 12.8. The van der Waals surface area contributed by atoms with Crippen LogP contribution in [0.15, 0.2) is 53.5 Å². The minimum absolute atomic E-state index is 0.0926. The first-order valence-electron chi connectivity index (χ1n) is 7.67. The molecule has 0 radical (unpaired) electrons. The van der Waals surface area contributed by atoms with Crippen molar-refractivity contribution in [1.82, 2.24) is 25.5 Å². The van der Waals surface area contributed by atoms with E-state index in [2.05, 4.69) is 25.5 Å². The highest BCUT2D eigenvalue weighted by Crippen LogP contribution is 2.29. The van der Waals surface area contributed by atoms with E-state index in [1.54, 1.807) is 18.2 Å². The van der Waals surface area contributed by atoms with Crippen LogP contribution in [0.25, 0.3) is 11.5 Å². The molecule has 2 N–H and O–H groups in total. The maximum Gasteiger partial charge on any atom is 0.416 e. The number of H-pyrrole nitrogens is 1. The second-order valence-corrected chi connectivity index (χ2v) is 5.45. The number of nitrogens with zero attached hydrogens (tertiary/aromatic N) is 3. The molecule has 1 amide bonds. The monoisotopic (exact) mass is 375 g/mol. The molecule has 0 aliphatic rings. The molecule has 3 rings (SSSR count). The van der Waals surface area contributed by atoms with Crippen LogP contribution >= 0.6 is 0 Å². The summed E-state index contributed by atoms with van der Waals surface area (Å²) < 4.78 is 38.1. The van der Waals surface area contributed by atoms with Gasteiger partial charge in [0.15, 0.2) is 5.82 Å². The summed E-state index contributed by atoms with van der Waals surface area (Å²) >= 11 is 0. The van der Waals surface area contributed by atoms with Gasteiger partial charge in [-0.25, -0.2) is 0 Å². The molecule has 0 aliphatic carbocycles. The number of carbonyl (C=O) groups excluding carboxylic acids is 1. The molecule has 0 saturated carbocycles. The number of halogens is 3. The van der Waals surface area contributed by atoms with Gasteiger partial charge in [0.1, 0.15) is 5.69 Å². The summed E-state index contributed by atoms with van der Waals surface area (Å²) in [6.07, 6.45) is -2.98. The molecular weight excluding hydrogens is 363 g/mol. The Labute approximate surface area is 150 Å². The van der Waals surface area contributed by atoms with Gasteiger partial charge in [-0.05, 0) is 29.8 Å². The first kappa shape index (κ1) is 18.2. The molecule has 0 spiro atoms. The van der Waals surface area contributed by atoms with Crippen molar-refractivity contribution in [2.45, 2.75) is 12.7 Å². The lowest BCUT2D eigenvalue weighted by atomic mass is 10.1. The topological polar surface area (TPSA) is 101 Å². The van der Waals surface area contributed by atoms with E-state index in [1.807, 2.05) is 0 Å². The van der Waals surface area contributed by atoms with Crippen LogP contribution in [-0.4, -0.2) is 26.1 Å². The summed E-state index contributed by atoms with van der Waals surface area (Å²) in [6, 6.07) is 9.49. The molecule has 0 fully saturated rings. The zero-order valence-corrected chi connectivity index (χ0v) is 13.6. The highest BCUT2D eigenvalue weighted by molar-refractivity contribution is 5.91. The molecule has 3 aromatic rings. The maximum absolute atomic E-state index is 12.7. The zero-order chi connectivity index (χ0) is 19.4. The second kappa shape index (κ2) is 7.36. The van der Waals surface area contributed by atoms with E-state index >= 15 is 0 Å². The molecule has 10 heteroatoms. The number of hydrogen-bond acceptors (Lipinski definition) is 5. The number of nitrogens with one attached hydrogen (secondary N) is 2. The molecule has 2 heterocycles. The largest absolute Gasteiger partial charge is 0.416 e. The van der Waals surface area contributed by atoms with Crippen LogP contribution in [0.4, 0.5) is 13.2 Å². The van der Waals surface area contributed by atoms with E-state index in [-0.39, 0.29) is 17.9 Å². The molecule has 1 aromatic carbocycles. The van der Waals surface area contributed by atoms with Crippen molar-refractivity contribution in [3.63, 3.8) is 0 Å². The average Bonchev–Trinajstić information content (AvgIpc) is 2.66. The van der Waals surface area contributed by atoms with Crippen LogP contribution < -0.4 is 10.9 Å². The van der Waals surface area contributed by atoms with Gasteiger partial charge >= 0.3 is 6.18 Å². The number of aromatic amines is 1. The summed E-state index contributed by atoms with van der Waals surface area (Å²) in [6.45, 7) is -0.203. The summed E-state index contributed by atoms with van der Waals surface area (Å²) in [4.78, 5) is 30.6. The Morgan fingerprint density at radius 3 is 2.59 bits per heavy atom. The molecule has 2 aromatic heterocycles. The van der Waals surface area contributed by atoms with Crippen LogP contribution in [-0.2, 0) is 12.7 Å². The van der Waals surface area contributed by atoms with Crippen LogP contribution in [0, 0.1) is 0 Å². The van der Waals surface area contributed by atoms with Gasteiger partial charge in [0.25, 0.3) is 11.5 Å². The standard InChI is InChI=1S/C17H12F3N5O2/c18-17(19,20)11-5-3-4-10(8-11)9-22-15(26)13-16(27)23-14(25-24-13)12-6-1-2-7-21-12/h1-8H,9H2,(H,22,26)(H,23,25,27). The summed E-state index contributed by atoms with van der Waals surface area (Å²) in [5.74, 6) is -0.760. The molecule has 0 saturated heterocycles. The predicted octanol–water partition coefficient (Wildman–Crippen LogP) is 2.18. The molecule has 0 atom stereocenters. The Hall–Kier alpha value is -3.56. The van der Waals surface area contributed by atoms with E-state index in [0.717, 1.165) is 12.1 Å².